The van der Waals surface area contributed by atoms with Gasteiger partial charge in [0, 0.05) is 112 Å². The minimum Gasteiger partial charge on any atom is -0.508 e. The Kier molecular flexibility index (Phi) is 22.9. The summed E-state index contributed by atoms with van der Waals surface area (Å²) in [6.07, 6.45) is -0.816. The van der Waals surface area contributed by atoms with Crippen LogP contribution < -0.4 is 49.2 Å². The van der Waals surface area contributed by atoms with Crippen molar-refractivity contribution >= 4 is 92.5 Å². The van der Waals surface area contributed by atoms with Crippen LogP contribution >= 0.6 is 23.5 Å². The Morgan fingerprint density at radius 3 is 1.94 bits per heavy atom. The number of aromatic hydroxyl groups is 1. The normalized spacial score (nSPS) is 14.9. The molecule has 0 spiro atoms. The summed E-state index contributed by atoms with van der Waals surface area (Å²) >= 11 is 0. The predicted molar refractivity (Wildman–Crippen MR) is 382 cm³/mol. The summed E-state index contributed by atoms with van der Waals surface area (Å²) in [7, 11) is -17.0. The number of carbonyl (C=O) groups is 6. The molecule has 0 bridgehead atoms. The molecule has 5 atom stereocenters. The van der Waals surface area contributed by atoms with Gasteiger partial charge < -0.3 is 86.6 Å². The number of unbranched alkanes of at least 4 members (excludes halogenated alkanes) is 2. The summed E-state index contributed by atoms with van der Waals surface area (Å²) in [5, 5.41) is 51.5. The number of aromatic nitrogens is 2. The first-order chi connectivity index (χ1) is 50.8. The summed E-state index contributed by atoms with van der Waals surface area (Å²) in [6.45, 7) is -0.260. The average molecular weight is 1520 g/mol. The topological polar surface area (TPSA) is 534 Å². The third kappa shape index (κ3) is 19.0. The molecule has 1 aromatic heterocycles. The molecule has 11 rings (SSSR count). The number of hydrogen-bond acceptors (Lipinski definition) is 22. The van der Waals surface area contributed by atoms with Gasteiger partial charge in [-0.25, -0.2) is 28.1 Å². The quantitative estimate of drug-likeness (QED) is 0.00875. The molecule has 0 radical (unpaired) electrons. The van der Waals surface area contributed by atoms with E-state index in [9.17, 15) is 77.2 Å². The number of fused-ring (bicyclic) bond motifs is 4. The van der Waals surface area contributed by atoms with Gasteiger partial charge in [-0.2, -0.15) is 13.6 Å². The first kappa shape index (κ1) is 76.2. The number of amides is 4. The lowest BCUT2D eigenvalue weighted by Crippen LogP contribution is -2.48. The number of anilines is 2. The van der Waals surface area contributed by atoms with Gasteiger partial charge in [0.2, 0.25) is 11.8 Å². The summed E-state index contributed by atoms with van der Waals surface area (Å²) < 4.78 is 65.5. The maximum Gasteiger partial charge on any atom is 0.490 e. The molecular weight excluding hydrogens is 1460 g/mol. The zero-order valence-corrected chi connectivity index (χ0v) is 58.2. The van der Waals surface area contributed by atoms with Crippen LogP contribution in [0.5, 0.6) is 5.75 Å². The van der Waals surface area contributed by atoms with E-state index in [4.69, 9.17) is 44.8 Å². The molecule has 107 heavy (non-hydrogen) atoms. The number of carbonyl (C=O) groups excluding carboxylic acids is 4. The predicted octanol–water partition coefficient (Wildman–Crippen LogP) is 7.33. The fourth-order valence-electron chi connectivity index (χ4n) is 11.7. The number of benzene rings is 7. The van der Waals surface area contributed by atoms with E-state index in [1.165, 1.54) is 78.9 Å². The first-order valence-corrected chi connectivity index (χ1v) is 36.7. The van der Waals surface area contributed by atoms with Crippen LogP contribution in [0.4, 0.5) is 11.5 Å². The molecule has 36 heteroatoms. The SMILES string of the molecule is N=c1ccc2c(-c3ccc(C(=O)NC(Cc4ccc(C#CCNC(=O)c5ccc(-c6c7ccc(=O)cc-7oc7cc(O)ccc67)c(C(=O)O)c5)cc4)C(=O)NCCCCCC(=O)NCC#Cc4cn([C@H]5CC[C@@H](OP(=O)(O)OP(=O)(O)OP(=O)(O)O)O5)c(=O)nc4N)cc3C(=O)O)c3ccc(N)cc3oc-2c1. The Morgan fingerprint density at radius 2 is 1.27 bits per heavy atom. The van der Waals surface area contributed by atoms with E-state index in [1.54, 1.807) is 54.6 Å². The van der Waals surface area contributed by atoms with Gasteiger partial charge in [-0.1, -0.05) is 54.4 Å². The number of phosphoric ester groups is 1. The number of aromatic carboxylic acids is 2. The van der Waals surface area contributed by atoms with Crippen LogP contribution in [-0.4, -0.2) is 112 Å². The van der Waals surface area contributed by atoms with E-state index < -0.39 is 83.3 Å². The van der Waals surface area contributed by atoms with Crippen LogP contribution in [-0.2, 0) is 47.6 Å². The average Bonchev–Trinajstić information content (AvgIpc) is 1.61. The van der Waals surface area contributed by atoms with Crippen LogP contribution in [0.25, 0.3) is 66.8 Å². The molecule has 0 saturated carbocycles. The largest absolute Gasteiger partial charge is 0.508 e. The zero-order chi connectivity index (χ0) is 76.6. The summed E-state index contributed by atoms with van der Waals surface area (Å²) in [5.74, 6) is 6.03. The monoisotopic (exact) mass is 1520 g/mol. The number of phenols is 1. The molecule has 6 aromatic rings. The van der Waals surface area contributed by atoms with Gasteiger partial charge in [-0.05, 0) is 121 Å². The van der Waals surface area contributed by atoms with Gasteiger partial charge in [-0.3, -0.25) is 33.1 Å². The molecule has 1 saturated heterocycles. The minimum absolute atomic E-state index is 0.00494. The van der Waals surface area contributed by atoms with Gasteiger partial charge in [-0.15, -0.1) is 0 Å². The van der Waals surface area contributed by atoms with Gasteiger partial charge >= 0.3 is 41.1 Å². The number of ether oxygens (including phenoxy) is 1. The first-order valence-electron chi connectivity index (χ1n) is 32.2. The van der Waals surface area contributed by atoms with E-state index in [2.05, 4.69) is 58.6 Å². The van der Waals surface area contributed by atoms with Gasteiger partial charge in [0.1, 0.15) is 46.5 Å². The van der Waals surface area contributed by atoms with Gasteiger partial charge in [0.05, 0.1) is 35.1 Å². The van der Waals surface area contributed by atoms with Crippen LogP contribution in [0.1, 0.15) is 103 Å². The second-order valence-electron chi connectivity index (χ2n) is 24.0. The Balaban J connectivity index is 0.724. The molecule has 16 N–H and O–H groups in total. The number of nitrogens with one attached hydrogen (secondary N) is 5. The van der Waals surface area contributed by atoms with Crippen LogP contribution in [0.3, 0.4) is 0 Å². The van der Waals surface area contributed by atoms with Crippen molar-refractivity contribution in [2.24, 2.45) is 0 Å². The number of nitrogens with two attached hydrogens (primary N) is 2. The molecule has 2 aliphatic carbocycles. The van der Waals surface area contributed by atoms with Crippen molar-refractivity contribution < 1.29 is 104 Å². The molecule has 3 aliphatic heterocycles. The van der Waals surface area contributed by atoms with Crippen molar-refractivity contribution in [2.45, 2.75) is 63.5 Å². The van der Waals surface area contributed by atoms with Crippen molar-refractivity contribution in [2.75, 3.05) is 31.1 Å². The maximum atomic E-state index is 14.3. The van der Waals surface area contributed by atoms with Crippen LogP contribution in [0.15, 0.2) is 158 Å². The highest BCUT2D eigenvalue weighted by Gasteiger charge is 2.44. The molecule has 4 amide bonds. The fourth-order valence-corrected chi connectivity index (χ4v) is 14.8. The van der Waals surface area contributed by atoms with Crippen molar-refractivity contribution in [1.82, 2.24) is 30.8 Å². The zero-order valence-electron chi connectivity index (χ0n) is 55.5. The number of hydrogen-bond donors (Lipinski definition) is 14. The summed E-state index contributed by atoms with van der Waals surface area (Å²) in [5.41, 5.74) is 14.2. The van der Waals surface area contributed by atoms with E-state index in [1.807, 2.05) is 0 Å². The number of phenolic OH excluding ortho intramolecular Hbond substituents is 1. The lowest BCUT2D eigenvalue weighted by atomic mass is 9.89. The van der Waals surface area contributed by atoms with Crippen LogP contribution in [0, 0.1) is 29.1 Å². The third-order valence-electron chi connectivity index (χ3n) is 16.5. The molecular formula is C71H62N9O24P3. The second kappa shape index (κ2) is 32.2. The van der Waals surface area contributed by atoms with E-state index in [0.29, 0.717) is 74.7 Å². The number of nitrogen functional groups attached to an aromatic ring is 2. The van der Waals surface area contributed by atoms with Crippen molar-refractivity contribution in [3.63, 3.8) is 0 Å². The summed E-state index contributed by atoms with van der Waals surface area (Å²) in [6, 6.07) is 31.5. The number of phosphoric acid groups is 3. The molecule has 4 heterocycles. The molecule has 3 unspecified atom stereocenters. The van der Waals surface area contributed by atoms with E-state index in [-0.39, 0.29) is 124 Å². The Morgan fingerprint density at radius 1 is 0.654 bits per heavy atom. The Bertz CT molecular complexity index is 5660. The molecule has 550 valence electrons. The lowest BCUT2D eigenvalue weighted by molar-refractivity contribution is -0.123. The number of carboxylic acid groups (broad SMARTS) is 2. The highest BCUT2D eigenvalue weighted by molar-refractivity contribution is 7.66. The van der Waals surface area contributed by atoms with Crippen molar-refractivity contribution in [3.8, 4) is 74.3 Å². The second-order valence-corrected chi connectivity index (χ2v) is 28.4. The van der Waals surface area contributed by atoms with E-state index >= 15 is 0 Å². The third-order valence-corrected chi connectivity index (χ3v) is 20.3. The smallest absolute Gasteiger partial charge is 0.490 e. The Labute approximate surface area is 603 Å². The fraction of sp³-hybridized carbons (Fsp3) is 0.183. The Hall–Kier alpha value is -11.9. The summed E-state index contributed by atoms with van der Waals surface area (Å²) in [4.78, 5) is 146. The molecule has 5 aromatic carbocycles. The minimum atomic E-state index is -5.82. The highest BCUT2D eigenvalue weighted by Crippen LogP contribution is 2.67. The lowest BCUT2D eigenvalue weighted by Gasteiger charge is -2.20. The number of carboxylic acids is 2. The standard InChI is InChI=1S/C71H62N9O24P3/c72-43-15-21-49-56(33-43)99-57-34-44(73)16-22-50(57)63(49)48-20-14-41(32-54(48)70(89)90)67(85)78-55(68(86)77-27-3-1-2-8-60(83)75-28-5-7-42-37-80(71(91)79-65(42)74)61-25-26-62(101-61)102-106(95,96)104-107(97,98)103-105(92,93)94)30-39-11-9-38(10-12-39)6-4-29-76-66(84)40-13-19-47(53(31-40)69(87)88)64-51-23-17-45(81)35-58(51)100-59-36-46(82)18-24-52(59)64/h9-24,31-37,55,61-62,72,81H,1-3,8,25-30,73H2,(H,75,83)(H,76,84)(H,77,86)(H,78,85)(H,87,88)(H,89,90)(H,95,96)(H,97,98)(H2,74,79,91)(H2,92,93,94)/t55?,61-,62-/m1/s1. The molecule has 33 nitrogen and oxygen atoms in total. The maximum absolute atomic E-state index is 14.3. The van der Waals surface area contributed by atoms with Crippen LogP contribution in [0.2, 0.25) is 0 Å². The number of nitrogens with zero attached hydrogens (tertiary/aromatic N) is 2. The van der Waals surface area contributed by atoms with Crippen molar-refractivity contribution in [1.29, 1.82) is 5.41 Å². The number of rotatable bonds is 25. The van der Waals surface area contributed by atoms with Gasteiger partial charge in [0.15, 0.2) is 11.7 Å². The van der Waals surface area contributed by atoms with Gasteiger partial charge in [0.25, 0.3) is 11.8 Å². The molecule has 5 aliphatic rings. The molecule has 1 fully saturated rings. The highest BCUT2D eigenvalue weighted by atomic mass is 31.3. The van der Waals surface area contributed by atoms with E-state index in [0.717, 1.165) is 10.8 Å². The van der Waals surface area contributed by atoms with Crippen molar-refractivity contribution in [3.05, 3.63) is 205 Å².